The fraction of sp³-hybridized carbons (Fsp3) is 0.105. The summed E-state index contributed by atoms with van der Waals surface area (Å²) in [7, 11) is 0. The van der Waals surface area contributed by atoms with E-state index < -0.39 is 18.5 Å². The summed E-state index contributed by atoms with van der Waals surface area (Å²) in [5.74, 6) is -1.30. The van der Waals surface area contributed by atoms with Gasteiger partial charge in [0.2, 0.25) is 0 Å². The Bertz CT molecular complexity index is 967. The van der Waals surface area contributed by atoms with E-state index in [0.717, 1.165) is 5.56 Å². The van der Waals surface area contributed by atoms with Crippen LogP contribution < -0.4 is 10.1 Å². The molecule has 2 N–H and O–H groups in total. The van der Waals surface area contributed by atoms with Gasteiger partial charge in [-0.3, -0.25) is 4.79 Å². The second-order valence-corrected chi connectivity index (χ2v) is 6.75. The lowest BCUT2D eigenvalue weighted by atomic mass is 10.1. The Morgan fingerprint density at radius 3 is 2.67 bits per heavy atom. The molecular formula is C19H14BrClN2O4. The number of amides is 1. The third kappa shape index (κ3) is 5.84. The first-order chi connectivity index (χ1) is 12.8. The molecule has 8 heteroatoms. The van der Waals surface area contributed by atoms with E-state index in [2.05, 4.69) is 21.2 Å². The largest absolute Gasteiger partial charge is 0.481 e. The van der Waals surface area contributed by atoms with Crippen LogP contribution in [0.1, 0.15) is 11.1 Å². The summed E-state index contributed by atoms with van der Waals surface area (Å²) in [5.41, 5.74) is 1.82. The third-order valence-electron chi connectivity index (χ3n) is 3.42. The smallest absolute Gasteiger partial charge is 0.341 e. The number of carbonyl (C=O) groups excluding carboxylic acids is 1. The van der Waals surface area contributed by atoms with E-state index in [1.165, 1.54) is 6.08 Å². The van der Waals surface area contributed by atoms with Gasteiger partial charge in [0.25, 0.3) is 5.91 Å². The van der Waals surface area contributed by atoms with E-state index in [4.69, 9.17) is 21.4 Å². The molecule has 138 valence electrons. The molecule has 6 nitrogen and oxygen atoms in total. The minimum Gasteiger partial charge on any atom is -0.481 e. The van der Waals surface area contributed by atoms with Crippen molar-refractivity contribution >= 4 is 51.2 Å². The number of benzene rings is 2. The Morgan fingerprint density at radius 1 is 1.33 bits per heavy atom. The highest BCUT2D eigenvalue weighted by Gasteiger charge is 2.12. The van der Waals surface area contributed by atoms with Gasteiger partial charge in [0.1, 0.15) is 17.4 Å². The van der Waals surface area contributed by atoms with Gasteiger partial charge in [-0.25, -0.2) is 4.79 Å². The molecule has 0 spiro atoms. The molecule has 27 heavy (non-hydrogen) atoms. The van der Waals surface area contributed by atoms with Gasteiger partial charge in [0.05, 0.1) is 4.47 Å². The van der Waals surface area contributed by atoms with Crippen LogP contribution in [-0.2, 0) is 9.59 Å². The molecule has 0 aromatic heterocycles. The van der Waals surface area contributed by atoms with Crippen molar-refractivity contribution < 1.29 is 19.4 Å². The molecule has 0 unspecified atom stereocenters. The van der Waals surface area contributed by atoms with Gasteiger partial charge in [-0.05, 0) is 70.4 Å². The van der Waals surface area contributed by atoms with Crippen LogP contribution in [0.5, 0.6) is 5.75 Å². The summed E-state index contributed by atoms with van der Waals surface area (Å²) >= 11 is 9.17. The van der Waals surface area contributed by atoms with Crippen LogP contribution >= 0.6 is 27.5 Å². The molecular weight excluding hydrogens is 436 g/mol. The number of ether oxygens (including phenoxy) is 1. The molecule has 0 saturated carbocycles. The average molecular weight is 450 g/mol. The van der Waals surface area contributed by atoms with Gasteiger partial charge in [-0.2, -0.15) is 5.26 Å². The highest BCUT2D eigenvalue weighted by atomic mass is 79.9. The summed E-state index contributed by atoms with van der Waals surface area (Å²) in [6, 6.07) is 11.7. The van der Waals surface area contributed by atoms with Crippen LogP contribution in [0.4, 0.5) is 5.69 Å². The van der Waals surface area contributed by atoms with Crippen molar-refractivity contribution in [2.75, 3.05) is 11.9 Å². The SMILES string of the molecule is Cc1cc(Cl)ccc1NC(=O)C(C#N)=Cc1ccc(OCC(=O)O)c(Br)c1. The first kappa shape index (κ1) is 20.5. The summed E-state index contributed by atoms with van der Waals surface area (Å²) in [5, 5.41) is 21.2. The van der Waals surface area contributed by atoms with E-state index >= 15 is 0 Å². The lowest BCUT2D eigenvalue weighted by Gasteiger charge is -2.09. The number of carboxylic acids is 1. The Balaban J connectivity index is 2.19. The van der Waals surface area contributed by atoms with E-state index in [9.17, 15) is 14.9 Å². The number of carbonyl (C=O) groups is 2. The first-order valence-electron chi connectivity index (χ1n) is 7.63. The lowest BCUT2D eigenvalue weighted by molar-refractivity contribution is -0.139. The topological polar surface area (TPSA) is 99.4 Å². The molecule has 0 aliphatic heterocycles. The molecule has 0 atom stereocenters. The monoisotopic (exact) mass is 448 g/mol. The van der Waals surface area contributed by atoms with Gasteiger partial charge in [-0.15, -0.1) is 0 Å². The Kier molecular flexibility index (Phi) is 6.99. The number of anilines is 1. The molecule has 2 aromatic carbocycles. The molecule has 2 rings (SSSR count). The van der Waals surface area contributed by atoms with Gasteiger partial charge in [0.15, 0.2) is 6.61 Å². The van der Waals surface area contributed by atoms with Crippen molar-refractivity contribution in [1.29, 1.82) is 5.26 Å². The summed E-state index contributed by atoms with van der Waals surface area (Å²) in [6.07, 6.45) is 1.42. The van der Waals surface area contributed by atoms with E-state index in [1.807, 2.05) is 6.07 Å². The molecule has 0 saturated heterocycles. The summed E-state index contributed by atoms with van der Waals surface area (Å²) < 4.78 is 5.62. The number of nitriles is 1. The number of hydrogen-bond donors (Lipinski definition) is 2. The van der Waals surface area contributed by atoms with Gasteiger partial charge in [0, 0.05) is 10.7 Å². The number of hydrogen-bond acceptors (Lipinski definition) is 4. The Hall–Kier alpha value is -2.82. The minimum absolute atomic E-state index is 0.0875. The second kappa shape index (κ2) is 9.21. The molecule has 0 fully saturated rings. The quantitative estimate of drug-likeness (QED) is 0.502. The van der Waals surface area contributed by atoms with E-state index in [-0.39, 0.29) is 5.57 Å². The number of rotatable bonds is 6. The van der Waals surface area contributed by atoms with Gasteiger partial charge >= 0.3 is 5.97 Å². The molecule has 2 aromatic rings. The van der Waals surface area contributed by atoms with Crippen molar-refractivity contribution in [3.8, 4) is 11.8 Å². The van der Waals surface area contributed by atoms with Crippen LogP contribution in [0.3, 0.4) is 0 Å². The standard InChI is InChI=1S/C19H14BrClN2O4/c1-11-6-14(21)3-4-16(11)23-19(26)13(9-22)7-12-2-5-17(15(20)8-12)27-10-18(24)25/h2-8H,10H2,1H3,(H,23,26)(H,24,25). The zero-order valence-electron chi connectivity index (χ0n) is 14.1. The first-order valence-corrected chi connectivity index (χ1v) is 8.80. The van der Waals surface area contributed by atoms with Crippen molar-refractivity contribution in [3.63, 3.8) is 0 Å². The minimum atomic E-state index is -1.09. The predicted molar refractivity (Wildman–Crippen MR) is 106 cm³/mol. The number of carboxylic acid groups (broad SMARTS) is 1. The number of aliphatic carboxylic acids is 1. The van der Waals surface area contributed by atoms with Gasteiger partial charge in [-0.1, -0.05) is 17.7 Å². The summed E-state index contributed by atoms with van der Waals surface area (Å²) in [6.45, 7) is 1.32. The zero-order chi connectivity index (χ0) is 20.0. The van der Waals surface area contributed by atoms with Crippen molar-refractivity contribution in [1.82, 2.24) is 0 Å². The van der Waals surface area contributed by atoms with Crippen LogP contribution in [0.2, 0.25) is 5.02 Å². The van der Waals surface area contributed by atoms with E-state index in [1.54, 1.807) is 43.3 Å². The molecule has 0 heterocycles. The van der Waals surface area contributed by atoms with E-state index in [0.29, 0.717) is 26.5 Å². The maximum Gasteiger partial charge on any atom is 0.341 e. The molecule has 0 aliphatic carbocycles. The fourth-order valence-electron chi connectivity index (χ4n) is 2.14. The maximum atomic E-state index is 12.4. The maximum absolute atomic E-state index is 12.4. The van der Waals surface area contributed by atoms with Crippen molar-refractivity contribution in [3.05, 3.63) is 62.6 Å². The zero-order valence-corrected chi connectivity index (χ0v) is 16.5. The molecule has 0 radical (unpaired) electrons. The number of nitrogens with one attached hydrogen (secondary N) is 1. The predicted octanol–water partition coefficient (Wildman–Crippen LogP) is 4.42. The Labute approximate surface area is 169 Å². The average Bonchev–Trinajstić information content (AvgIpc) is 2.61. The molecule has 0 bridgehead atoms. The van der Waals surface area contributed by atoms with Crippen LogP contribution in [0.25, 0.3) is 6.08 Å². The number of nitrogens with zero attached hydrogens (tertiary/aromatic N) is 1. The molecule has 1 amide bonds. The van der Waals surface area contributed by atoms with Crippen LogP contribution in [0, 0.1) is 18.3 Å². The number of aryl methyl sites for hydroxylation is 1. The molecule has 0 aliphatic rings. The Morgan fingerprint density at radius 2 is 2.07 bits per heavy atom. The van der Waals surface area contributed by atoms with Crippen molar-refractivity contribution in [2.24, 2.45) is 0 Å². The van der Waals surface area contributed by atoms with Crippen LogP contribution in [-0.4, -0.2) is 23.6 Å². The lowest BCUT2D eigenvalue weighted by Crippen LogP contribution is -2.14. The van der Waals surface area contributed by atoms with Crippen molar-refractivity contribution in [2.45, 2.75) is 6.92 Å². The van der Waals surface area contributed by atoms with Crippen LogP contribution in [0.15, 0.2) is 46.4 Å². The normalized spacial score (nSPS) is 10.8. The highest BCUT2D eigenvalue weighted by molar-refractivity contribution is 9.10. The number of halogens is 2. The fourth-order valence-corrected chi connectivity index (χ4v) is 2.87. The third-order valence-corrected chi connectivity index (χ3v) is 4.27. The van der Waals surface area contributed by atoms with Gasteiger partial charge < -0.3 is 15.2 Å². The second-order valence-electron chi connectivity index (χ2n) is 5.46. The highest BCUT2D eigenvalue weighted by Crippen LogP contribution is 2.27. The summed E-state index contributed by atoms with van der Waals surface area (Å²) in [4.78, 5) is 22.9.